The predicted molar refractivity (Wildman–Crippen MR) is 270 cm³/mol. The van der Waals surface area contributed by atoms with Crippen LogP contribution in [0.25, 0.3) is 77.3 Å². The number of rotatable bonds is 4. The maximum absolute atomic E-state index is 7.04. The highest BCUT2D eigenvalue weighted by Crippen LogP contribution is 2.69. The molecule has 4 unspecified atom stereocenters. The molecule has 0 N–H and O–H groups in total. The van der Waals surface area contributed by atoms with Crippen molar-refractivity contribution in [3.63, 3.8) is 0 Å². The average molecular weight is 835 g/mol. The summed E-state index contributed by atoms with van der Waals surface area (Å²) in [6.07, 6.45) is 7.66. The minimum absolute atomic E-state index is 0.234. The van der Waals surface area contributed by atoms with Crippen LogP contribution in [0, 0.1) is 5.92 Å². The second-order valence-electron chi connectivity index (χ2n) is 19.3. The molecule has 0 amide bonds. The standard InChI is InChI=1S/C62H46N2O/c1-38-33-34-60(2)48-24-11-14-27-52(48)64-51-26-13-9-22-46(51)49-37-61(3,57(38)59(60)62(49,64)4)42-29-30-45-44-21-8-12-25-50(44)63(54(45)36-42)53-32-31-43(56-47-23-10-15-28-55(47)65-58(53)56)41-20-16-19-40(35-41)39-17-6-5-7-18-39/h5-38H,1-4H3. The van der Waals surface area contributed by atoms with Crippen LogP contribution < -0.4 is 4.90 Å². The van der Waals surface area contributed by atoms with Crippen molar-refractivity contribution in [3.8, 4) is 27.9 Å². The van der Waals surface area contributed by atoms with Crippen LogP contribution >= 0.6 is 0 Å². The summed E-state index contributed by atoms with van der Waals surface area (Å²) >= 11 is 0. The number of benzene rings is 8. The highest BCUT2D eigenvalue weighted by Gasteiger charge is 2.62. The number of para-hydroxylation sites is 4. The van der Waals surface area contributed by atoms with Crippen molar-refractivity contribution >= 4 is 60.7 Å². The summed E-state index contributed by atoms with van der Waals surface area (Å²) < 4.78 is 9.52. The van der Waals surface area contributed by atoms with E-state index >= 15 is 0 Å². The summed E-state index contributed by atoms with van der Waals surface area (Å²) in [5.41, 5.74) is 19.8. The van der Waals surface area contributed by atoms with Gasteiger partial charge in [0.2, 0.25) is 0 Å². The van der Waals surface area contributed by atoms with Crippen LogP contribution in [0.2, 0.25) is 0 Å². The fraction of sp³-hybridized carbons (Fsp3) is 0.129. The fourth-order valence-corrected chi connectivity index (χ4v) is 13.1. The van der Waals surface area contributed by atoms with Gasteiger partial charge in [0.05, 0.1) is 22.3 Å². The van der Waals surface area contributed by atoms with Crippen molar-refractivity contribution in [1.29, 1.82) is 0 Å². The molecule has 8 aromatic carbocycles. The third kappa shape index (κ3) is 4.65. The van der Waals surface area contributed by atoms with E-state index in [2.05, 4.69) is 237 Å². The molecule has 0 bridgehead atoms. The lowest BCUT2D eigenvalue weighted by Crippen LogP contribution is -2.57. The highest BCUT2D eigenvalue weighted by atomic mass is 16.3. The molecule has 4 atom stereocenters. The molecule has 14 rings (SSSR count). The first kappa shape index (κ1) is 36.8. The van der Waals surface area contributed by atoms with Crippen LogP contribution in [0.5, 0.6) is 0 Å². The van der Waals surface area contributed by atoms with E-state index in [1.54, 1.807) is 0 Å². The number of hydrogen-bond donors (Lipinski definition) is 0. The van der Waals surface area contributed by atoms with Gasteiger partial charge in [0.25, 0.3) is 0 Å². The highest BCUT2D eigenvalue weighted by molar-refractivity contribution is 6.17. The van der Waals surface area contributed by atoms with Crippen molar-refractivity contribution in [2.45, 2.75) is 44.1 Å². The zero-order valence-corrected chi connectivity index (χ0v) is 36.9. The molecule has 0 spiro atoms. The lowest BCUT2D eigenvalue weighted by Gasteiger charge is -2.59. The van der Waals surface area contributed by atoms with Crippen molar-refractivity contribution < 1.29 is 4.42 Å². The van der Waals surface area contributed by atoms with E-state index in [0.717, 1.165) is 38.7 Å². The smallest absolute Gasteiger partial charge is 0.160 e. The van der Waals surface area contributed by atoms with Gasteiger partial charge in [0.1, 0.15) is 5.58 Å². The van der Waals surface area contributed by atoms with Gasteiger partial charge < -0.3 is 13.9 Å². The Morgan fingerprint density at radius 1 is 0.523 bits per heavy atom. The molecule has 0 saturated heterocycles. The van der Waals surface area contributed by atoms with E-state index in [1.807, 2.05) is 0 Å². The molecule has 2 aliphatic carbocycles. The summed E-state index contributed by atoms with van der Waals surface area (Å²) in [5, 5.41) is 4.70. The van der Waals surface area contributed by atoms with Gasteiger partial charge in [-0.05, 0) is 119 Å². The van der Waals surface area contributed by atoms with Crippen LogP contribution in [0.3, 0.4) is 0 Å². The average Bonchev–Trinajstić information content (AvgIpc) is 3.98. The summed E-state index contributed by atoms with van der Waals surface area (Å²) in [7, 11) is 0. The molecule has 2 aliphatic heterocycles. The Morgan fingerprint density at radius 2 is 1.23 bits per heavy atom. The minimum Gasteiger partial charge on any atom is -0.454 e. The zero-order valence-electron chi connectivity index (χ0n) is 36.9. The molecule has 2 aromatic heterocycles. The third-order valence-electron chi connectivity index (χ3n) is 15.9. The van der Waals surface area contributed by atoms with Crippen LogP contribution in [0.4, 0.5) is 11.4 Å². The first-order valence-electron chi connectivity index (χ1n) is 23.1. The van der Waals surface area contributed by atoms with E-state index in [9.17, 15) is 0 Å². The van der Waals surface area contributed by atoms with Crippen molar-refractivity contribution in [3.05, 3.63) is 228 Å². The van der Waals surface area contributed by atoms with E-state index in [4.69, 9.17) is 4.42 Å². The Kier molecular flexibility index (Phi) is 7.23. The number of aromatic nitrogens is 1. The van der Waals surface area contributed by atoms with E-state index in [0.29, 0.717) is 0 Å². The van der Waals surface area contributed by atoms with Crippen LogP contribution in [-0.4, -0.2) is 10.1 Å². The normalized spacial score (nSPS) is 22.7. The molecule has 3 heteroatoms. The van der Waals surface area contributed by atoms with E-state index in [1.165, 1.54) is 77.8 Å². The van der Waals surface area contributed by atoms with Gasteiger partial charge in [-0.2, -0.15) is 0 Å². The largest absolute Gasteiger partial charge is 0.454 e. The van der Waals surface area contributed by atoms with Gasteiger partial charge >= 0.3 is 0 Å². The second-order valence-corrected chi connectivity index (χ2v) is 19.3. The zero-order chi connectivity index (χ0) is 43.4. The quantitative estimate of drug-likeness (QED) is 0.165. The molecule has 0 saturated carbocycles. The van der Waals surface area contributed by atoms with Gasteiger partial charge in [0, 0.05) is 49.3 Å². The van der Waals surface area contributed by atoms with Gasteiger partial charge in [-0.1, -0.05) is 165 Å². The lowest BCUT2D eigenvalue weighted by molar-refractivity contribution is 0.457. The van der Waals surface area contributed by atoms with Crippen molar-refractivity contribution in [2.75, 3.05) is 4.90 Å². The Balaban J connectivity index is 1.04. The van der Waals surface area contributed by atoms with Crippen LogP contribution in [0.1, 0.15) is 44.4 Å². The first-order chi connectivity index (χ1) is 31.8. The Labute approximate surface area is 378 Å². The SMILES string of the molecule is CC1C=CC2(C)C3=C1C(C)(c1ccc4c5ccccc5n(-c5ccc(-c6cccc(-c7ccccc7)c6)c6c5oc5ccccc56)c4c1)C=C1c4ccccc4N(c4ccccc42)C13C. The molecule has 310 valence electrons. The monoisotopic (exact) mass is 834 g/mol. The van der Waals surface area contributed by atoms with Crippen molar-refractivity contribution in [1.82, 2.24) is 4.57 Å². The number of fused-ring (bicyclic) bond motifs is 12. The third-order valence-corrected chi connectivity index (χ3v) is 15.9. The maximum Gasteiger partial charge on any atom is 0.160 e. The summed E-state index contributed by atoms with van der Waals surface area (Å²) in [6.45, 7) is 9.87. The van der Waals surface area contributed by atoms with Crippen molar-refractivity contribution in [2.24, 2.45) is 5.92 Å². The molecule has 65 heavy (non-hydrogen) atoms. The number of allylic oxidation sites excluding steroid dienone is 4. The molecule has 0 fully saturated rings. The van der Waals surface area contributed by atoms with Crippen LogP contribution in [0.15, 0.2) is 216 Å². The Bertz CT molecular complexity index is 3800. The van der Waals surface area contributed by atoms with E-state index < -0.39 is 5.41 Å². The Morgan fingerprint density at radius 3 is 2.11 bits per heavy atom. The van der Waals surface area contributed by atoms with Gasteiger partial charge in [-0.3, -0.25) is 0 Å². The van der Waals surface area contributed by atoms with Gasteiger partial charge in [-0.15, -0.1) is 0 Å². The Hall–Kier alpha value is -7.62. The molecular formula is C62H46N2O. The van der Waals surface area contributed by atoms with Crippen LogP contribution in [-0.2, 0) is 10.8 Å². The molecule has 10 aromatic rings. The molecule has 3 nitrogen and oxygen atoms in total. The topological polar surface area (TPSA) is 21.3 Å². The first-order valence-corrected chi connectivity index (χ1v) is 23.1. The van der Waals surface area contributed by atoms with Gasteiger partial charge in [-0.25, -0.2) is 0 Å². The summed E-state index contributed by atoms with van der Waals surface area (Å²) in [5.74, 6) is 0.234. The molecule has 0 radical (unpaired) electrons. The minimum atomic E-state index is -0.414. The number of anilines is 2. The molecular weight excluding hydrogens is 789 g/mol. The van der Waals surface area contributed by atoms with E-state index in [-0.39, 0.29) is 16.9 Å². The fourth-order valence-electron chi connectivity index (χ4n) is 13.1. The second kappa shape index (κ2) is 12.8. The summed E-state index contributed by atoms with van der Waals surface area (Å²) in [6, 6.07) is 67.1. The van der Waals surface area contributed by atoms with Gasteiger partial charge in [0.15, 0.2) is 5.58 Å². The number of nitrogens with zero attached hydrogens (tertiary/aromatic N) is 2. The number of hydrogen-bond acceptors (Lipinski definition) is 2. The summed E-state index contributed by atoms with van der Waals surface area (Å²) in [4.78, 5) is 2.66. The molecule has 4 aliphatic rings. The lowest BCUT2D eigenvalue weighted by atomic mass is 9.51. The number of furan rings is 1. The molecule has 4 heterocycles. The maximum atomic E-state index is 7.04. The predicted octanol–water partition coefficient (Wildman–Crippen LogP) is 16.1.